The van der Waals surface area contributed by atoms with E-state index < -0.39 is 16.6 Å². The van der Waals surface area contributed by atoms with Gasteiger partial charge in [-0.05, 0) is 44.8 Å². The third-order valence-corrected chi connectivity index (χ3v) is 4.47. The highest BCUT2D eigenvalue weighted by molar-refractivity contribution is 6.07. The van der Waals surface area contributed by atoms with Crippen molar-refractivity contribution < 1.29 is 14.6 Å². The lowest BCUT2D eigenvalue weighted by atomic mass is 9.65. The Hall–Kier alpha value is -1.37. The van der Waals surface area contributed by atoms with Crippen LogP contribution in [0.2, 0.25) is 0 Å². The molecule has 0 saturated carbocycles. The Kier molecular flexibility index (Phi) is 7.30. The van der Waals surface area contributed by atoms with Crippen molar-refractivity contribution >= 4 is 5.78 Å². The molecule has 1 atom stereocenters. The topological polar surface area (TPSA) is 35.5 Å². The Morgan fingerprint density at radius 2 is 1.63 bits per heavy atom. The van der Waals surface area contributed by atoms with E-state index in [1.165, 1.54) is 0 Å². The quantitative estimate of drug-likeness (QED) is 0.255. The molecule has 3 nitrogen and oxygen atoms in total. The minimum absolute atomic E-state index is 0.0501. The Morgan fingerprint density at radius 3 is 2.07 bits per heavy atom. The summed E-state index contributed by atoms with van der Waals surface area (Å²) in [7, 11) is 0. The Labute approximate surface area is 166 Å². The smallest absolute Gasteiger partial charge is 0.199 e. The van der Waals surface area contributed by atoms with E-state index in [9.17, 15) is 4.79 Å². The fraction of sp³-hybridized carbons (Fsp3) is 0.708. The molecule has 0 aromatic heterocycles. The van der Waals surface area contributed by atoms with Gasteiger partial charge in [0.1, 0.15) is 0 Å². The molecule has 1 aliphatic carbocycles. The van der Waals surface area contributed by atoms with Gasteiger partial charge in [-0.3, -0.25) is 4.79 Å². The first kappa shape index (κ1) is 23.7. The summed E-state index contributed by atoms with van der Waals surface area (Å²) < 4.78 is 0. The highest BCUT2D eigenvalue weighted by Gasteiger charge is 2.54. The van der Waals surface area contributed by atoms with Gasteiger partial charge in [-0.2, -0.15) is 0 Å². The monoisotopic (exact) mass is 374 g/mol. The summed E-state index contributed by atoms with van der Waals surface area (Å²) in [5, 5.41) is 0. The first-order chi connectivity index (χ1) is 12.1. The average Bonchev–Trinajstić information content (AvgIpc) is 2.48. The van der Waals surface area contributed by atoms with Gasteiger partial charge >= 0.3 is 0 Å². The van der Waals surface area contributed by atoms with Crippen molar-refractivity contribution in [1.82, 2.24) is 0 Å². The number of rotatable bonds is 4. The summed E-state index contributed by atoms with van der Waals surface area (Å²) in [6.45, 7) is 20.0. The molecule has 0 aromatic rings. The normalized spacial score (nSPS) is 21.3. The molecule has 0 saturated heterocycles. The van der Waals surface area contributed by atoms with Crippen LogP contribution in [0.15, 0.2) is 23.3 Å². The van der Waals surface area contributed by atoms with Crippen molar-refractivity contribution in [2.24, 2.45) is 10.8 Å². The first-order valence-electron chi connectivity index (χ1n) is 9.99. The summed E-state index contributed by atoms with van der Waals surface area (Å²) >= 11 is 0. The Balaban J connectivity index is 3.52. The van der Waals surface area contributed by atoms with Crippen molar-refractivity contribution in [2.75, 3.05) is 0 Å². The van der Waals surface area contributed by atoms with Gasteiger partial charge in [0.15, 0.2) is 11.4 Å². The van der Waals surface area contributed by atoms with E-state index in [0.717, 1.165) is 30.4 Å². The second kappa shape index (κ2) is 8.33. The molecule has 0 spiro atoms. The fourth-order valence-corrected chi connectivity index (χ4v) is 2.74. The highest BCUT2D eigenvalue weighted by Crippen LogP contribution is 2.45. The number of unbranched alkanes of at least 4 members (excludes halogenated alkanes) is 2. The Morgan fingerprint density at radius 1 is 1.04 bits per heavy atom. The van der Waals surface area contributed by atoms with Crippen LogP contribution in [0.4, 0.5) is 0 Å². The van der Waals surface area contributed by atoms with Crippen LogP contribution in [0.25, 0.3) is 0 Å². The van der Waals surface area contributed by atoms with Crippen molar-refractivity contribution in [3.8, 4) is 11.8 Å². The molecule has 0 aromatic carbocycles. The summed E-state index contributed by atoms with van der Waals surface area (Å²) in [4.78, 5) is 25.3. The maximum absolute atomic E-state index is 13.6. The average molecular weight is 375 g/mol. The van der Waals surface area contributed by atoms with E-state index in [2.05, 4.69) is 18.8 Å². The van der Waals surface area contributed by atoms with Crippen LogP contribution in [-0.2, 0) is 14.6 Å². The molecular formula is C24H38O3. The zero-order valence-corrected chi connectivity index (χ0v) is 19.0. The summed E-state index contributed by atoms with van der Waals surface area (Å²) in [5.74, 6) is 6.43. The number of hydrogen-bond acceptors (Lipinski definition) is 3. The number of carbonyl (C=O) groups excluding carboxylic acids is 1. The number of Topliss-reactive ketones (excluding diaryl/α,β-unsaturated/α-hetero) is 1. The molecule has 3 heteroatoms. The minimum atomic E-state index is -1.22. The van der Waals surface area contributed by atoms with Gasteiger partial charge in [-0.1, -0.05) is 66.7 Å². The molecule has 27 heavy (non-hydrogen) atoms. The molecule has 0 amide bonds. The largest absolute Gasteiger partial charge is 0.291 e. The molecule has 0 radical (unpaired) electrons. The van der Waals surface area contributed by atoms with E-state index >= 15 is 0 Å². The summed E-state index contributed by atoms with van der Waals surface area (Å²) in [6.07, 6.45) is 6.82. The zero-order chi connectivity index (χ0) is 21.1. The van der Waals surface area contributed by atoms with Gasteiger partial charge < -0.3 is 0 Å². The van der Waals surface area contributed by atoms with Crippen LogP contribution in [0.1, 0.15) is 88.5 Å². The van der Waals surface area contributed by atoms with Gasteiger partial charge in [0, 0.05) is 23.0 Å². The van der Waals surface area contributed by atoms with Crippen molar-refractivity contribution in [3.63, 3.8) is 0 Å². The van der Waals surface area contributed by atoms with Crippen LogP contribution >= 0.6 is 0 Å². The van der Waals surface area contributed by atoms with E-state index in [4.69, 9.17) is 9.78 Å². The standard InChI is InChI=1S/C24H38O3/c1-11-12-13-14-15-18-16-19(21(2,3)4)20(25)24(17-18,22(5,6)7)27-26-23(8,9)10/h16-17H,11-13H2,1-10H3. The predicted octanol–water partition coefficient (Wildman–Crippen LogP) is 6.19. The van der Waals surface area contributed by atoms with Crippen LogP contribution in [0.3, 0.4) is 0 Å². The van der Waals surface area contributed by atoms with Crippen molar-refractivity contribution in [1.29, 1.82) is 0 Å². The van der Waals surface area contributed by atoms with E-state index in [1.807, 2.05) is 74.5 Å². The van der Waals surface area contributed by atoms with E-state index in [0.29, 0.717) is 0 Å². The number of hydrogen-bond donors (Lipinski definition) is 0. The predicted molar refractivity (Wildman–Crippen MR) is 112 cm³/mol. The van der Waals surface area contributed by atoms with Gasteiger partial charge in [-0.15, -0.1) is 0 Å². The molecule has 1 rings (SSSR count). The van der Waals surface area contributed by atoms with Gasteiger partial charge in [-0.25, -0.2) is 9.78 Å². The van der Waals surface area contributed by atoms with Crippen LogP contribution in [0, 0.1) is 22.7 Å². The molecule has 1 aliphatic rings. The maximum atomic E-state index is 13.6. The number of carbonyl (C=O) groups is 1. The van der Waals surface area contributed by atoms with Crippen LogP contribution < -0.4 is 0 Å². The van der Waals surface area contributed by atoms with Crippen LogP contribution in [0.5, 0.6) is 0 Å². The maximum Gasteiger partial charge on any atom is 0.199 e. The second-order valence-corrected chi connectivity index (χ2v) is 10.4. The second-order valence-electron chi connectivity index (χ2n) is 10.4. The molecule has 0 heterocycles. The highest BCUT2D eigenvalue weighted by atomic mass is 17.2. The van der Waals surface area contributed by atoms with E-state index in [-0.39, 0.29) is 11.2 Å². The molecular weight excluding hydrogens is 336 g/mol. The lowest BCUT2D eigenvalue weighted by molar-refractivity contribution is -0.397. The van der Waals surface area contributed by atoms with Crippen molar-refractivity contribution in [2.45, 2.75) is 99.7 Å². The molecule has 0 N–H and O–H groups in total. The summed E-state index contributed by atoms with van der Waals surface area (Å²) in [5.41, 5.74) is -1.02. The molecule has 0 bridgehead atoms. The lowest BCUT2D eigenvalue weighted by Gasteiger charge is -2.44. The van der Waals surface area contributed by atoms with Gasteiger partial charge in [0.2, 0.25) is 0 Å². The van der Waals surface area contributed by atoms with Gasteiger partial charge in [0.25, 0.3) is 0 Å². The summed E-state index contributed by atoms with van der Waals surface area (Å²) in [6, 6.07) is 0. The third-order valence-electron chi connectivity index (χ3n) is 4.47. The minimum Gasteiger partial charge on any atom is -0.291 e. The third kappa shape index (κ3) is 6.06. The lowest BCUT2D eigenvalue weighted by Crippen LogP contribution is -2.54. The SMILES string of the molecule is CCCCC#CC1=CC(OOC(C)(C)C)(C(C)(C)C)C(=O)C(C(C)(C)C)=C1. The molecule has 152 valence electrons. The number of ketones is 1. The molecule has 0 fully saturated rings. The number of allylic oxidation sites excluding steroid dienone is 2. The fourth-order valence-electron chi connectivity index (χ4n) is 2.74. The Bertz CT molecular complexity index is 664. The first-order valence-corrected chi connectivity index (χ1v) is 9.99. The zero-order valence-electron chi connectivity index (χ0n) is 19.0. The van der Waals surface area contributed by atoms with Crippen LogP contribution in [-0.4, -0.2) is 17.0 Å². The molecule has 1 unspecified atom stereocenters. The van der Waals surface area contributed by atoms with Crippen molar-refractivity contribution in [3.05, 3.63) is 23.3 Å². The van der Waals surface area contributed by atoms with Gasteiger partial charge in [0.05, 0.1) is 5.60 Å². The van der Waals surface area contributed by atoms with E-state index in [1.54, 1.807) is 0 Å². The molecule has 0 aliphatic heterocycles.